The molecule has 0 bridgehead atoms. The molecule has 0 aromatic carbocycles. The fourth-order valence-electron chi connectivity index (χ4n) is 0.861. The minimum atomic E-state index is -0.307. The predicted octanol–water partition coefficient (Wildman–Crippen LogP) is 1.24. The molecule has 1 amide bonds. The quantitative estimate of drug-likeness (QED) is 0.735. The van der Waals surface area contributed by atoms with Crippen molar-refractivity contribution in [1.82, 2.24) is 4.98 Å². The van der Waals surface area contributed by atoms with Gasteiger partial charge in [-0.3, -0.25) is 9.78 Å². The first kappa shape index (κ1) is 9.20. The van der Waals surface area contributed by atoms with Crippen molar-refractivity contribution in [3.63, 3.8) is 0 Å². The zero-order valence-corrected chi connectivity index (χ0v) is 7.24. The van der Waals surface area contributed by atoms with Crippen LogP contribution >= 0.6 is 0 Å². The molecule has 1 aromatic rings. The van der Waals surface area contributed by atoms with Crippen molar-refractivity contribution >= 4 is 11.6 Å². The third-order valence-corrected chi connectivity index (χ3v) is 1.55. The van der Waals surface area contributed by atoms with Crippen molar-refractivity contribution in [2.75, 3.05) is 5.32 Å². The normalized spacial score (nSPS) is 8.92. The summed E-state index contributed by atoms with van der Waals surface area (Å²) in [6, 6.07) is 3.57. The van der Waals surface area contributed by atoms with Crippen LogP contribution in [0.1, 0.15) is 12.0 Å². The number of nitriles is 1. The molecule has 1 heterocycles. The van der Waals surface area contributed by atoms with Gasteiger partial charge in [0.05, 0.1) is 18.0 Å². The van der Waals surface area contributed by atoms with E-state index in [-0.39, 0.29) is 12.3 Å². The van der Waals surface area contributed by atoms with Crippen molar-refractivity contribution in [3.8, 4) is 6.07 Å². The van der Waals surface area contributed by atoms with E-state index in [1.807, 2.05) is 6.92 Å². The first-order valence-electron chi connectivity index (χ1n) is 3.81. The summed E-state index contributed by atoms with van der Waals surface area (Å²) in [6.45, 7) is 1.86. The minimum absolute atomic E-state index is 0.131. The van der Waals surface area contributed by atoms with E-state index < -0.39 is 0 Å². The second-order valence-electron chi connectivity index (χ2n) is 2.57. The molecule has 0 unspecified atom stereocenters. The van der Waals surface area contributed by atoms with Crippen molar-refractivity contribution < 1.29 is 4.79 Å². The van der Waals surface area contributed by atoms with Gasteiger partial charge in [-0.25, -0.2) is 0 Å². The van der Waals surface area contributed by atoms with Crippen LogP contribution in [-0.4, -0.2) is 10.9 Å². The molecular weight excluding hydrogens is 166 g/mol. The van der Waals surface area contributed by atoms with Gasteiger partial charge in [0.2, 0.25) is 5.91 Å². The lowest BCUT2D eigenvalue weighted by Crippen LogP contribution is -2.11. The van der Waals surface area contributed by atoms with Gasteiger partial charge >= 0.3 is 0 Å². The zero-order valence-electron chi connectivity index (χ0n) is 7.24. The minimum Gasteiger partial charge on any atom is -0.324 e. The highest BCUT2D eigenvalue weighted by Gasteiger charge is 2.02. The maximum atomic E-state index is 11.0. The van der Waals surface area contributed by atoms with E-state index in [0.29, 0.717) is 5.69 Å². The highest BCUT2D eigenvalue weighted by Crippen LogP contribution is 2.11. The molecule has 1 N–H and O–H groups in total. The standard InChI is InChI=1S/C9H9N3O/c1-7-3-5-11-6-8(7)12-9(13)2-4-10/h3,5-6H,2H2,1H3,(H,12,13). The van der Waals surface area contributed by atoms with E-state index in [1.165, 1.54) is 0 Å². The van der Waals surface area contributed by atoms with Gasteiger partial charge in [0, 0.05) is 6.20 Å². The number of aromatic nitrogens is 1. The van der Waals surface area contributed by atoms with E-state index in [0.717, 1.165) is 5.56 Å². The molecule has 0 saturated heterocycles. The molecule has 4 nitrogen and oxygen atoms in total. The number of hydrogen-bond donors (Lipinski definition) is 1. The third kappa shape index (κ3) is 2.56. The Morgan fingerprint density at radius 1 is 1.77 bits per heavy atom. The van der Waals surface area contributed by atoms with Crippen LogP contribution in [0.15, 0.2) is 18.5 Å². The molecule has 4 heteroatoms. The lowest BCUT2D eigenvalue weighted by Gasteiger charge is -2.04. The average Bonchev–Trinajstić information content (AvgIpc) is 2.09. The van der Waals surface area contributed by atoms with Gasteiger partial charge in [-0.15, -0.1) is 0 Å². The van der Waals surface area contributed by atoms with Crippen LogP contribution in [0.4, 0.5) is 5.69 Å². The van der Waals surface area contributed by atoms with E-state index >= 15 is 0 Å². The fourth-order valence-corrected chi connectivity index (χ4v) is 0.861. The highest BCUT2D eigenvalue weighted by molar-refractivity contribution is 5.92. The number of pyridine rings is 1. The largest absolute Gasteiger partial charge is 0.324 e. The summed E-state index contributed by atoms with van der Waals surface area (Å²) in [5, 5.41) is 10.8. The van der Waals surface area contributed by atoms with Gasteiger partial charge in [-0.2, -0.15) is 5.26 Å². The summed E-state index contributed by atoms with van der Waals surface area (Å²) < 4.78 is 0. The molecule has 1 rings (SSSR count). The van der Waals surface area contributed by atoms with Gasteiger partial charge < -0.3 is 5.32 Å². The first-order valence-corrected chi connectivity index (χ1v) is 3.81. The van der Waals surface area contributed by atoms with Crippen LogP contribution in [0.25, 0.3) is 0 Å². The van der Waals surface area contributed by atoms with Crippen molar-refractivity contribution in [1.29, 1.82) is 5.26 Å². The molecule has 0 atom stereocenters. The summed E-state index contributed by atoms with van der Waals surface area (Å²) in [5.74, 6) is -0.307. The topological polar surface area (TPSA) is 65.8 Å². The van der Waals surface area contributed by atoms with E-state index in [2.05, 4.69) is 10.3 Å². The van der Waals surface area contributed by atoms with Crippen LogP contribution in [0, 0.1) is 18.3 Å². The Bertz CT molecular complexity index is 354. The predicted molar refractivity (Wildman–Crippen MR) is 47.8 cm³/mol. The van der Waals surface area contributed by atoms with Crippen LogP contribution in [0.3, 0.4) is 0 Å². The number of nitrogens with one attached hydrogen (secondary N) is 1. The van der Waals surface area contributed by atoms with Gasteiger partial charge in [-0.05, 0) is 18.6 Å². The van der Waals surface area contributed by atoms with Crippen LogP contribution in [-0.2, 0) is 4.79 Å². The third-order valence-electron chi connectivity index (χ3n) is 1.55. The summed E-state index contributed by atoms with van der Waals surface area (Å²) in [4.78, 5) is 14.9. The summed E-state index contributed by atoms with van der Waals surface area (Å²) in [5.41, 5.74) is 1.59. The van der Waals surface area contributed by atoms with Gasteiger partial charge in [0.25, 0.3) is 0 Å². The molecule has 0 aliphatic heterocycles. The zero-order chi connectivity index (χ0) is 9.68. The van der Waals surface area contributed by atoms with Gasteiger partial charge in [0.15, 0.2) is 0 Å². The molecule has 0 aliphatic carbocycles. The van der Waals surface area contributed by atoms with E-state index in [4.69, 9.17) is 5.26 Å². The Balaban J connectivity index is 2.70. The SMILES string of the molecule is Cc1ccncc1NC(=O)CC#N. The van der Waals surface area contributed by atoms with E-state index in [1.54, 1.807) is 24.5 Å². The number of hydrogen-bond acceptors (Lipinski definition) is 3. The summed E-state index contributed by atoms with van der Waals surface area (Å²) in [7, 11) is 0. The molecule has 1 aromatic heterocycles. The highest BCUT2D eigenvalue weighted by atomic mass is 16.1. The Morgan fingerprint density at radius 2 is 2.54 bits per heavy atom. The Kier molecular flexibility index (Phi) is 2.98. The second kappa shape index (κ2) is 4.21. The maximum absolute atomic E-state index is 11.0. The van der Waals surface area contributed by atoms with Crippen molar-refractivity contribution in [2.45, 2.75) is 13.3 Å². The molecular formula is C9H9N3O. The number of amides is 1. The van der Waals surface area contributed by atoms with Gasteiger partial charge in [0.1, 0.15) is 6.42 Å². The molecule has 66 valence electrons. The molecule has 0 spiro atoms. The molecule has 13 heavy (non-hydrogen) atoms. The average molecular weight is 175 g/mol. The molecule has 0 fully saturated rings. The number of aryl methyl sites for hydroxylation is 1. The molecule has 0 radical (unpaired) electrons. The molecule has 0 aliphatic rings. The number of anilines is 1. The van der Waals surface area contributed by atoms with Crippen molar-refractivity contribution in [3.05, 3.63) is 24.0 Å². The Hall–Kier alpha value is -1.89. The molecule has 0 saturated carbocycles. The smallest absolute Gasteiger partial charge is 0.238 e. The van der Waals surface area contributed by atoms with Crippen molar-refractivity contribution in [2.24, 2.45) is 0 Å². The summed E-state index contributed by atoms with van der Waals surface area (Å²) in [6.07, 6.45) is 3.08. The first-order chi connectivity index (χ1) is 6.24. The monoisotopic (exact) mass is 175 g/mol. The maximum Gasteiger partial charge on any atom is 0.238 e. The number of nitrogens with zero attached hydrogens (tertiary/aromatic N) is 2. The van der Waals surface area contributed by atoms with Crippen LogP contribution in [0.2, 0.25) is 0 Å². The van der Waals surface area contributed by atoms with Crippen LogP contribution < -0.4 is 5.32 Å². The summed E-state index contributed by atoms with van der Waals surface area (Å²) >= 11 is 0. The fraction of sp³-hybridized carbons (Fsp3) is 0.222. The lowest BCUT2D eigenvalue weighted by atomic mass is 10.2. The second-order valence-corrected chi connectivity index (χ2v) is 2.57. The van der Waals surface area contributed by atoms with Crippen LogP contribution in [0.5, 0.6) is 0 Å². The lowest BCUT2D eigenvalue weighted by molar-refractivity contribution is -0.115. The number of rotatable bonds is 2. The Morgan fingerprint density at radius 3 is 3.15 bits per heavy atom. The van der Waals surface area contributed by atoms with Gasteiger partial charge in [-0.1, -0.05) is 0 Å². The van der Waals surface area contributed by atoms with E-state index in [9.17, 15) is 4.79 Å². The number of carbonyl (C=O) groups excluding carboxylic acids is 1. The Labute approximate surface area is 76.2 Å². The number of carbonyl (C=O) groups is 1.